The Hall–Kier alpha value is -3.54. The van der Waals surface area contributed by atoms with Crippen LogP contribution in [0.1, 0.15) is 114 Å². The molecule has 282 valence electrons. The van der Waals surface area contributed by atoms with E-state index in [9.17, 15) is 41.0 Å². The Morgan fingerprint density at radius 2 is 1.63 bits per heavy atom. The maximum Gasteiger partial charge on any atom is 0.430 e. The SMILES string of the molecule is CCCc1cc(C(O)(C(F)(F)F)C(F)(F)F)cc(/C=C/C2CCCCC2)c1OCCCCN1C(=O)CCC(C)(c2ccc(OC(C)C)cc2)C1=O. The van der Waals surface area contributed by atoms with Crippen molar-refractivity contribution in [3.63, 3.8) is 0 Å². The van der Waals surface area contributed by atoms with Crippen LogP contribution in [0.3, 0.4) is 0 Å². The Kier molecular flexibility index (Phi) is 13.0. The smallest absolute Gasteiger partial charge is 0.430 e. The molecule has 0 radical (unpaired) electrons. The molecule has 2 aromatic rings. The standard InChI is InChI=1S/C39H49F6NO5/c1-5-11-28-24-31(37(49,38(40,41)42)39(43,44)45)25-29(15-14-27-12-7-6-8-13-27)34(28)50-23-10-9-22-46-33(47)20-21-36(4,35(46)48)30-16-18-32(19-17-30)51-26(2)3/h14-19,24-27,49H,5-13,20-23H2,1-4H3/b15-14+. The number of piperidine rings is 1. The number of benzene rings is 2. The predicted octanol–water partition coefficient (Wildman–Crippen LogP) is 9.60. The number of hydrogen-bond acceptors (Lipinski definition) is 5. The summed E-state index contributed by atoms with van der Waals surface area (Å²) in [7, 11) is 0. The van der Waals surface area contributed by atoms with Gasteiger partial charge in [0.2, 0.25) is 11.8 Å². The first-order valence-corrected chi connectivity index (χ1v) is 17.9. The Bertz CT molecular complexity index is 1510. The normalized spacial score (nSPS) is 19.7. The van der Waals surface area contributed by atoms with E-state index in [0.717, 1.165) is 49.8 Å². The van der Waals surface area contributed by atoms with Crippen LogP contribution in [-0.2, 0) is 27.0 Å². The second-order valence-electron chi connectivity index (χ2n) is 14.2. The number of halogens is 6. The van der Waals surface area contributed by atoms with Crippen molar-refractivity contribution in [2.75, 3.05) is 13.2 Å². The number of rotatable bonds is 14. The molecular formula is C39H49F6NO5. The molecule has 2 fully saturated rings. The van der Waals surface area contributed by atoms with Gasteiger partial charge in [-0.2, -0.15) is 26.3 Å². The highest BCUT2D eigenvalue weighted by atomic mass is 19.4. The van der Waals surface area contributed by atoms with Crippen LogP contribution in [-0.4, -0.2) is 53.4 Å². The molecule has 2 aromatic carbocycles. The third-order valence-electron chi connectivity index (χ3n) is 9.89. The summed E-state index contributed by atoms with van der Waals surface area (Å²) in [4.78, 5) is 27.8. The number of aliphatic hydroxyl groups is 1. The van der Waals surface area contributed by atoms with Crippen LogP contribution in [0.2, 0.25) is 0 Å². The van der Waals surface area contributed by atoms with E-state index >= 15 is 0 Å². The third kappa shape index (κ3) is 9.10. The highest BCUT2D eigenvalue weighted by Crippen LogP contribution is 2.51. The molecule has 0 bridgehead atoms. The van der Waals surface area contributed by atoms with Crippen LogP contribution in [0.25, 0.3) is 6.08 Å². The molecule has 2 amide bonds. The molecule has 2 aliphatic rings. The second kappa shape index (κ2) is 16.4. The number of carbonyl (C=O) groups excluding carboxylic acids is 2. The lowest BCUT2D eigenvalue weighted by atomic mass is 9.75. The molecule has 1 saturated carbocycles. The van der Waals surface area contributed by atoms with Gasteiger partial charge in [-0.05, 0) is 101 Å². The van der Waals surface area contributed by atoms with Crippen LogP contribution >= 0.6 is 0 Å². The van der Waals surface area contributed by atoms with E-state index in [2.05, 4.69) is 0 Å². The highest BCUT2D eigenvalue weighted by Gasteiger charge is 2.71. The molecule has 1 aliphatic carbocycles. The summed E-state index contributed by atoms with van der Waals surface area (Å²) in [5, 5.41) is 10.3. The highest BCUT2D eigenvalue weighted by molar-refractivity contribution is 6.03. The van der Waals surface area contributed by atoms with Crippen molar-refractivity contribution in [1.82, 2.24) is 4.90 Å². The molecule has 1 N–H and O–H groups in total. The zero-order chi connectivity index (χ0) is 37.6. The van der Waals surface area contributed by atoms with Crippen molar-refractivity contribution < 1.29 is 50.5 Å². The number of hydrogen-bond donors (Lipinski definition) is 1. The van der Waals surface area contributed by atoms with Gasteiger partial charge >= 0.3 is 12.4 Å². The Morgan fingerprint density at radius 3 is 2.22 bits per heavy atom. The minimum absolute atomic E-state index is 0.00850. The molecule has 0 aromatic heterocycles. The first-order chi connectivity index (χ1) is 23.9. The number of unbranched alkanes of at least 4 members (excludes halogenated alkanes) is 1. The predicted molar refractivity (Wildman–Crippen MR) is 182 cm³/mol. The van der Waals surface area contributed by atoms with Crippen molar-refractivity contribution in [2.24, 2.45) is 5.92 Å². The zero-order valence-corrected chi connectivity index (χ0v) is 29.8. The van der Waals surface area contributed by atoms with Gasteiger partial charge in [-0.3, -0.25) is 14.5 Å². The minimum Gasteiger partial charge on any atom is -0.493 e. The van der Waals surface area contributed by atoms with E-state index in [4.69, 9.17) is 9.47 Å². The van der Waals surface area contributed by atoms with Crippen molar-refractivity contribution in [3.8, 4) is 11.5 Å². The first-order valence-electron chi connectivity index (χ1n) is 17.9. The number of ether oxygens (including phenoxy) is 2. The molecule has 12 heteroatoms. The average molecular weight is 726 g/mol. The van der Waals surface area contributed by atoms with Crippen LogP contribution in [0.4, 0.5) is 26.3 Å². The van der Waals surface area contributed by atoms with Gasteiger partial charge < -0.3 is 14.6 Å². The van der Waals surface area contributed by atoms with Gasteiger partial charge in [0.05, 0.1) is 18.1 Å². The number of aryl methyl sites for hydroxylation is 1. The van der Waals surface area contributed by atoms with Crippen LogP contribution in [0.5, 0.6) is 11.5 Å². The molecule has 1 aliphatic heterocycles. The van der Waals surface area contributed by atoms with E-state index in [1.54, 1.807) is 25.1 Å². The number of alkyl halides is 6. The molecule has 1 atom stereocenters. The van der Waals surface area contributed by atoms with Crippen molar-refractivity contribution in [3.05, 3.63) is 64.7 Å². The first kappa shape index (κ1) is 40.2. The Balaban J connectivity index is 1.53. The van der Waals surface area contributed by atoms with Crippen molar-refractivity contribution >= 4 is 17.9 Å². The molecule has 1 unspecified atom stereocenters. The van der Waals surface area contributed by atoms with Crippen LogP contribution in [0, 0.1) is 5.92 Å². The maximum absolute atomic E-state index is 13.9. The van der Waals surface area contributed by atoms with Crippen LogP contribution in [0.15, 0.2) is 42.5 Å². The van der Waals surface area contributed by atoms with E-state index in [0.29, 0.717) is 31.4 Å². The van der Waals surface area contributed by atoms with Gasteiger partial charge in [0, 0.05) is 24.1 Å². The largest absolute Gasteiger partial charge is 0.493 e. The number of nitrogens with zero attached hydrogens (tertiary/aromatic N) is 1. The lowest BCUT2D eigenvalue weighted by Crippen LogP contribution is -2.54. The van der Waals surface area contributed by atoms with E-state index < -0.39 is 28.9 Å². The van der Waals surface area contributed by atoms with E-state index in [1.807, 2.05) is 32.9 Å². The van der Waals surface area contributed by atoms with E-state index in [-0.39, 0.29) is 66.7 Å². The van der Waals surface area contributed by atoms with Gasteiger partial charge in [0.1, 0.15) is 11.5 Å². The average Bonchev–Trinajstić information content (AvgIpc) is 3.06. The molecular weight excluding hydrogens is 676 g/mol. The lowest BCUT2D eigenvalue weighted by molar-refractivity contribution is -0.376. The van der Waals surface area contributed by atoms with Crippen molar-refractivity contribution in [1.29, 1.82) is 0 Å². The fourth-order valence-electron chi connectivity index (χ4n) is 6.96. The summed E-state index contributed by atoms with van der Waals surface area (Å²) in [6, 6.07) is 8.74. The van der Waals surface area contributed by atoms with Gasteiger partial charge in [-0.15, -0.1) is 0 Å². The third-order valence-corrected chi connectivity index (χ3v) is 9.89. The monoisotopic (exact) mass is 725 g/mol. The fourth-order valence-corrected chi connectivity index (χ4v) is 6.96. The maximum atomic E-state index is 13.9. The number of carbonyl (C=O) groups is 2. The summed E-state index contributed by atoms with van der Waals surface area (Å²) in [6.45, 7) is 7.55. The molecule has 0 spiro atoms. The van der Waals surface area contributed by atoms with Gasteiger partial charge in [-0.25, -0.2) is 0 Å². The zero-order valence-electron chi connectivity index (χ0n) is 29.8. The summed E-state index contributed by atoms with van der Waals surface area (Å²) >= 11 is 0. The Labute approximate surface area is 296 Å². The fraction of sp³-hybridized carbons (Fsp3) is 0.590. The second-order valence-corrected chi connectivity index (χ2v) is 14.2. The Morgan fingerprint density at radius 1 is 0.980 bits per heavy atom. The number of imide groups is 1. The molecule has 1 saturated heterocycles. The minimum atomic E-state index is -6.02. The molecule has 4 rings (SSSR count). The number of likely N-dealkylation sites (tertiary alicyclic amines) is 1. The quantitative estimate of drug-likeness (QED) is 0.119. The van der Waals surface area contributed by atoms with Gasteiger partial charge in [0.15, 0.2) is 0 Å². The molecule has 1 heterocycles. The summed E-state index contributed by atoms with van der Waals surface area (Å²) in [5.41, 5.74) is -6.38. The molecule has 6 nitrogen and oxygen atoms in total. The topological polar surface area (TPSA) is 76.1 Å². The van der Waals surface area contributed by atoms with E-state index in [1.165, 1.54) is 11.0 Å². The molecule has 51 heavy (non-hydrogen) atoms. The summed E-state index contributed by atoms with van der Waals surface area (Å²) in [6.07, 6.45) is -2.25. The lowest BCUT2D eigenvalue weighted by Gasteiger charge is -2.38. The van der Waals surface area contributed by atoms with Gasteiger partial charge in [-0.1, -0.05) is 56.9 Å². The summed E-state index contributed by atoms with van der Waals surface area (Å²) in [5.74, 6) is 0.354. The summed E-state index contributed by atoms with van der Waals surface area (Å²) < 4.78 is 95.4. The number of allylic oxidation sites excluding steroid dienone is 1. The number of amides is 2. The van der Waals surface area contributed by atoms with Crippen molar-refractivity contribution in [2.45, 2.75) is 128 Å². The van der Waals surface area contributed by atoms with Gasteiger partial charge in [0.25, 0.3) is 5.60 Å². The van der Waals surface area contributed by atoms with Crippen LogP contribution < -0.4 is 9.47 Å².